The Hall–Kier alpha value is -2.27. The topological polar surface area (TPSA) is 61.0 Å². The van der Waals surface area contributed by atoms with Crippen LogP contribution < -0.4 is 5.32 Å². The monoisotopic (exact) mass is 330 g/mol. The largest absolute Gasteiger partial charge is 0.322 e. The van der Waals surface area contributed by atoms with Gasteiger partial charge in [0.1, 0.15) is 0 Å². The average Bonchev–Trinajstić information content (AvgIpc) is 2.95. The maximum atomic E-state index is 12.5. The van der Waals surface area contributed by atoms with Crippen LogP contribution in [0.2, 0.25) is 5.02 Å². The molecule has 0 atom stereocenters. The number of anilines is 1. The first-order valence-corrected chi connectivity index (χ1v) is 8.09. The molecule has 6 heteroatoms. The van der Waals surface area contributed by atoms with Gasteiger partial charge in [0.15, 0.2) is 0 Å². The number of allylic oxidation sites excluding steroid dienone is 1. The lowest BCUT2D eigenvalue weighted by atomic mass is 10.1. The predicted octanol–water partition coefficient (Wildman–Crippen LogP) is 4.08. The highest BCUT2D eigenvalue weighted by Crippen LogP contribution is 2.22. The first-order chi connectivity index (χ1) is 11.2. The normalized spacial score (nSPS) is 14.1. The van der Waals surface area contributed by atoms with Gasteiger partial charge >= 0.3 is 6.03 Å². The van der Waals surface area contributed by atoms with Crippen molar-refractivity contribution in [2.45, 2.75) is 26.3 Å². The highest BCUT2D eigenvalue weighted by molar-refractivity contribution is 6.30. The number of fused-ring (bicyclic) bond motifs is 1. The number of hydrogen-bond acceptors (Lipinski definition) is 2. The van der Waals surface area contributed by atoms with Crippen LogP contribution in [0.5, 0.6) is 0 Å². The summed E-state index contributed by atoms with van der Waals surface area (Å²) in [5.74, 6) is 0. The van der Waals surface area contributed by atoms with Gasteiger partial charge in [-0.1, -0.05) is 30.7 Å². The Balaban J connectivity index is 1.72. The number of aromatic amines is 1. The molecule has 23 heavy (non-hydrogen) atoms. The van der Waals surface area contributed by atoms with E-state index in [4.69, 9.17) is 11.6 Å². The first kappa shape index (κ1) is 15.6. The van der Waals surface area contributed by atoms with Gasteiger partial charge in [-0.05, 0) is 30.7 Å². The summed E-state index contributed by atoms with van der Waals surface area (Å²) < 4.78 is 0. The van der Waals surface area contributed by atoms with E-state index in [0.717, 1.165) is 29.8 Å². The van der Waals surface area contributed by atoms with Crippen molar-refractivity contribution in [1.82, 2.24) is 15.1 Å². The van der Waals surface area contributed by atoms with Gasteiger partial charge in [0.25, 0.3) is 0 Å². The molecule has 0 saturated carbocycles. The highest BCUT2D eigenvalue weighted by Gasteiger charge is 2.24. The molecule has 0 unspecified atom stereocenters. The average molecular weight is 331 g/mol. The van der Waals surface area contributed by atoms with Gasteiger partial charge in [0.05, 0.1) is 12.2 Å². The number of carbonyl (C=O) groups excluding carboxylic acids is 1. The van der Waals surface area contributed by atoms with Crippen molar-refractivity contribution in [2.75, 3.05) is 11.9 Å². The molecule has 0 aliphatic carbocycles. The molecule has 1 aliphatic rings. The summed E-state index contributed by atoms with van der Waals surface area (Å²) >= 11 is 5.95. The fourth-order valence-corrected chi connectivity index (χ4v) is 2.82. The molecule has 2 heterocycles. The second-order valence-corrected chi connectivity index (χ2v) is 5.93. The summed E-state index contributed by atoms with van der Waals surface area (Å²) in [7, 11) is 0. The number of aromatic nitrogens is 2. The minimum atomic E-state index is -0.121. The molecule has 1 aromatic carbocycles. The Bertz CT molecular complexity index is 738. The molecule has 2 N–H and O–H groups in total. The summed E-state index contributed by atoms with van der Waals surface area (Å²) in [6, 6.07) is 7.04. The van der Waals surface area contributed by atoms with Crippen LogP contribution in [0.4, 0.5) is 10.5 Å². The molecule has 1 aromatic heterocycles. The standard InChI is InChI=1S/C17H19ClN4O/c1-2-3-7-15-14-11-22(9-8-16(14)21-20-15)17(23)19-13-6-4-5-12(18)10-13/h3-7,10H,2,8-9,11H2,1H3,(H,19,23)(H,20,21)/b7-3-. The summed E-state index contributed by atoms with van der Waals surface area (Å²) in [5.41, 5.74) is 3.84. The molecule has 3 rings (SSSR count). The summed E-state index contributed by atoms with van der Waals surface area (Å²) in [4.78, 5) is 14.3. The Morgan fingerprint density at radius 1 is 1.52 bits per heavy atom. The van der Waals surface area contributed by atoms with Crippen LogP contribution in [0.3, 0.4) is 0 Å². The summed E-state index contributed by atoms with van der Waals surface area (Å²) in [5, 5.41) is 10.9. The minimum absolute atomic E-state index is 0.121. The Morgan fingerprint density at radius 3 is 3.17 bits per heavy atom. The summed E-state index contributed by atoms with van der Waals surface area (Å²) in [6.07, 6.45) is 5.82. The summed E-state index contributed by atoms with van der Waals surface area (Å²) in [6.45, 7) is 3.31. The second-order valence-electron chi connectivity index (χ2n) is 5.49. The SMILES string of the molecule is CC/C=C\c1n[nH]c2c1CN(C(=O)Nc1cccc(Cl)c1)CC2. The maximum absolute atomic E-state index is 12.5. The Labute approximate surface area is 140 Å². The van der Waals surface area contributed by atoms with Crippen LogP contribution in [0.25, 0.3) is 6.08 Å². The van der Waals surface area contributed by atoms with Crippen molar-refractivity contribution < 1.29 is 4.79 Å². The van der Waals surface area contributed by atoms with Gasteiger partial charge in [-0.15, -0.1) is 0 Å². The Kier molecular flexibility index (Phi) is 4.67. The van der Waals surface area contributed by atoms with Crippen molar-refractivity contribution in [1.29, 1.82) is 0 Å². The molecule has 0 saturated heterocycles. The zero-order chi connectivity index (χ0) is 16.2. The molecule has 2 aromatic rings. The first-order valence-electron chi connectivity index (χ1n) is 7.71. The Morgan fingerprint density at radius 2 is 2.39 bits per heavy atom. The molecule has 0 radical (unpaired) electrons. The van der Waals surface area contributed by atoms with Crippen molar-refractivity contribution >= 4 is 29.4 Å². The van der Waals surface area contributed by atoms with E-state index in [1.807, 2.05) is 18.2 Å². The van der Waals surface area contributed by atoms with Crippen LogP contribution >= 0.6 is 11.6 Å². The zero-order valence-corrected chi connectivity index (χ0v) is 13.7. The van der Waals surface area contributed by atoms with Gasteiger partial charge in [0, 0.05) is 34.9 Å². The number of hydrogen-bond donors (Lipinski definition) is 2. The van der Waals surface area contributed by atoms with Crippen molar-refractivity contribution in [3.05, 3.63) is 52.3 Å². The molecule has 5 nitrogen and oxygen atoms in total. The van der Waals surface area contributed by atoms with E-state index < -0.39 is 0 Å². The number of H-pyrrole nitrogens is 1. The highest BCUT2D eigenvalue weighted by atomic mass is 35.5. The minimum Gasteiger partial charge on any atom is -0.320 e. The van der Waals surface area contributed by atoms with Gasteiger partial charge in [0.2, 0.25) is 0 Å². The number of amides is 2. The van der Waals surface area contributed by atoms with E-state index in [-0.39, 0.29) is 6.03 Å². The third-order valence-electron chi connectivity index (χ3n) is 3.84. The number of nitrogens with one attached hydrogen (secondary N) is 2. The molecular formula is C17H19ClN4O. The van der Waals surface area contributed by atoms with Crippen LogP contribution in [-0.4, -0.2) is 27.7 Å². The van der Waals surface area contributed by atoms with Gasteiger partial charge in [-0.25, -0.2) is 4.79 Å². The van der Waals surface area contributed by atoms with Gasteiger partial charge in [-0.2, -0.15) is 5.10 Å². The number of nitrogens with zero attached hydrogens (tertiary/aromatic N) is 2. The molecule has 0 spiro atoms. The molecule has 120 valence electrons. The number of urea groups is 1. The molecule has 1 aliphatic heterocycles. The fraction of sp³-hybridized carbons (Fsp3) is 0.294. The van der Waals surface area contributed by atoms with Crippen molar-refractivity contribution in [2.24, 2.45) is 0 Å². The van der Waals surface area contributed by atoms with E-state index in [1.165, 1.54) is 0 Å². The van der Waals surface area contributed by atoms with Crippen LogP contribution in [-0.2, 0) is 13.0 Å². The lowest BCUT2D eigenvalue weighted by Crippen LogP contribution is -2.38. The number of halogens is 1. The van der Waals surface area contributed by atoms with E-state index in [1.54, 1.807) is 17.0 Å². The number of rotatable bonds is 3. The van der Waals surface area contributed by atoms with E-state index in [0.29, 0.717) is 23.8 Å². The molecule has 0 fully saturated rings. The lowest BCUT2D eigenvalue weighted by Gasteiger charge is -2.27. The second kappa shape index (κ2) is 6.87. The molecular weight excluding hydrogens is 312 g/mol. The van der Waals surface area contributed by atoms with E-state index >= 15 is 0 Å². The number of benzene rings is 1. The molecule has 2 amide bonds. The van der Waals surface area contributed by atoms with E-state index in [2.05, 4.69) is 28.5 Å². The fourth-order valence-electron chi connectivity index (χ4n) is 2.63. The van der Waals surface area contributed by atoms with Crippen LogP contribution in [0.15, 0.2) is 30.3 Å². The third kappa shape index (κ3) is 3.56. The van der Waals surface area contributed by atoms with Gasteiger partial charge in [-0.3, -0.25) is 5.10 Å². The smallest absolute Gasteiger partial charge is 0.320 e. The van der Waals surface area contributed by atoms with Crippen molar-refractivity contribution in [3.8, 4) is 0 Å². The lowest BCUT2D eigenvalue weighted by molar-refractivity contribution is 0.206. The van der Waals surface area contributed by atoms with Crippen LogP contribution in [0, 0.1) is 0 Å². The zero-order valence-electron chi connectivity index (χ0n) is 13.0. The predicted molar refractivity (Wildman–Crippen MR) is 92.5 cm³/mol. The quantitative estimate of drug-likeness (QED) is 0.890. The molecule has 0 bridgehead atoms. The van der Waals surface area contributed by atoms with Crippen molar-refractivity contribution in [3.63, 3.8) is 0 Å². The van der Waals surface area contributed by atoms with Crippen LogP contribution in [0.1, 0.15) is 30.3 Å². The maximum Gasteiger partial charge on any atom is 0.322 e. The number of carbonyl (C=O) groups is 1. The third-order valence-corrected chi connectivity index (χ3v) is 4.08. The van der Waals surface area contributed by atoms with E-state index in [9.17, 15) is 4.79 Å². The van der Waals surface area contributed by atoms with Gasteiger partial charge < -0.3 is 10.2 Å².